The molecule has 1 N–H and O–H groups in total. The highest BCUT2D eigenvalue weighted by Crippen LogP contribution is 2.30. The molecular formula is C13H18F3NO. The lowest BCUT2D eigenvalue weighted by Crippen LogP contribution is -2.30. The van der Waals surface area contributed by atoms with Gasteiger partial charge >= 0.3 is 6.18 Å². The molecule has 0 saturated carbocycles. The first-order valence-corrected chi connectivity index (χ1v) is 6.02. The van der Waals surface area contributed by atoms with Crippen molar-refractivity contribution in [3.05, 3.63) is 29.8 Å². The topological polar surface area (TPSA) is 21.3 Å². The summed E-state index contributed by atoms with van der Waals surface area (Å²) in [6, 6.07) is 4.79. The number of hydrogen-bond acceptors (Lipinski definition) is 2. The Morgan fingerprint density at radius 3 is 2.22 bits per heavy atom. The average Bonchev–Trinajstić information content (AvgIpc) is 2.34. The van der Waals surface area contributed by atoms with E-state index in [0.717, 1.165) is 25.1 Å². The number of rotatable bonds is 6. The standard InChI is InChI=1S/C13H18F3NO/c1-3-11(9-17-4-2)18-12-7-5-10(6-8-12)13(14,15)16/h5-8,11,17H,3-4,9H2,1-2H3. The number of nitrogens with one attached hydrogen (secondary N) is 1. The van der Waals surface area contributed by atoms with E-state index in [-0.39, 0.29) is 6.10 Å². The summed E-state index contributed by atoms with van der Waals surface area (Å²) in [5.74, 6) is 0.466. The Kier molecular flexibility index (Phi) is 5.47. The number of likely N-dealkylation sites (N-methyl/N-ethyl adjacent to an activating group) is 1. The molecule has 1 aromatic carbocycles. The SMILES string of the molecule is CCNCC(CC)Oc1ccc(C(F)(F)F)cc1. The zero-order chi connectivity index (χ0) is 13.6. The zero-order valence-electron chi connectivity index (χ0n) is 10.6. The van der Waals surface area contributed by atoms with E-state index in [1.807, 2.05) is 13.8 Å². The third kappa shape index (κ3) is 4.56. The third-order valence-electron chi connectivity index (χ3n) is 2.56. The molecule has 0 aliphatic heterocycles. The molecular weight excluding hydrogens is 243 g/mol. The highest BCUT2D eigenvalue weighted by Gasteiger charge is 2.30. The first kappa shape index (κ1) is 14.8. The smallest absolute Gasteiger partial charge is 0.416 e. The van der Waals surface area contributed by atoms with Crippen molar-refractivity contribution in [1.29, 1.82) is 0 Å². The first-order chi connectivity index (χ1) is 8.47. The van der Waals surface area contributed by atoms with Crippen LogP contribution >= 0.6 is 0 Å². The van der Waals surface area contributed by atoms with Gasteiger partial charge in [0.15, 0.2) is 0 Å². The molecule has 0 amide bonds. The molecule has 0 bridgehead atoms. The minimum atomic E-state index is -4.30. The molecule has 5 heteroatoms. The zero-order valence-corrected chi connectivity index (χ0v) is 10.6. The fourth-order valence-corrected chi connectivity index (χ4v) is 1.49. The molecule has 0 radical (unpaired) electrons. The van der Waals surface area contributed by atoms with Crippen molar-refractivity contribution in [2.24, 2.45) is 0 Å². The van der Waals surface area contributed by atoms with Crippen LogP contribution in [0.3, 0.4) is 0 Å². The van der Waals surface area contributed by atoms with Gasteiger partial charge in [0, 0.05) is 6.54 Å². The summed E-state index contributed by atoms with van der Waals surface area (Å²) >= 11 is 0. The Hall–Kier alpha value is -1.23. The van der Waals surface area contributed by atoms with Gasteiger partial charge in [-0.25, -0.2) is 0 Å². The van der Waals surface area contributed by atoms with Crippen molar-refractivity contribution < 1.29 is 17.9 Å². The van der Waals surface area contributed by atoms with Crippen LogP contribution < -0.4 is 10.1 Å². The quantitative estimate of drug-likeness (QED) is 0.846. The number of halogens is 3. The molecule has 1 rings (SSSR count). The maximum atomic E-state index is 12.4. The van der Waals surface area contributed by atoms with E-state index in [2.05, 4.69) is 5.32 Å². The van der Waals surface area contributed by atoms with Crippen LogP contribution in [0, 0.1) is 0 Å². The van der Waals surface area contributed by atoms with Crippen molar-refractivity contribution in [3.63, 3.8) is 0 Å². The summed E-state index contributed by atoms with van der Waals surface area (Å²) in [5, 5.41) is 3.15. The van der Waals surface area contributed by atoms with Crippen LogP contribution in [0.5, 0.6) is 5.75 Å². The van der Waals surface area contributed by atoms with E-state index in [1.54, 1.807) is 0 Å². The molecule has 0 aromatic heterocycles. The van der Waals surface area contributed by atoms with Gasteiger partial charge in [-0.2, -0.15) is 13.2 Å². The van der Waals surface area contributed by atoms with E-state index in [9.17, 15) is 13.2 Å². The van der Waals surface area contributed by atoms with Crippen molar-refractivity contribution in [2.45, 2.75) is 32.5 Å². The maximum Gasteiger partial charge on any atom is 0.416 e. The van der Waals surface area contributed by atoms with Gasteiger partial charge < -0.3 is 10.1 Å². The van der Waals surface area contributed by atoms with Crippen molar-refractivity contribution in [1.82, 2.24) is 5.32 Å². The molecule has 18 heavy (non-hydrogen) atoms. The molecule has 0 heterocycles. The van der Waals surface area contributed by atoms with Gasteiger partial charge in [-0.3, -0.25) is 0 Å². The molecule has 2 nitrogen and oxygen atoms in total. The van der Waals surface area contributed by atoms with Gasteiger partial charge in [0.05, 0.1) is 5.56 Å². The lowest BCUT2D eigenvalue weighted by atomic mass is 10.2. The van der Waals surface area contributed by atoms with Gasteiger partial charge in [-0.15, -0.1) is 0 Å². The van der Waals surface area contributed by atoms with E-state index >= 15 is 0 Å². The summed E-state index contributed by atoms with van der Waals surface area (Å²) in [6.07, 6.45) is -3.53. The molecule has 0 saturated heterocycles. The molecule has 0 aliphatic rings. The third-order valence-corrected chi connectivity index (χ3v) is 2.56. The van der Waals surface area contributed by atoms with Crippen LogP contribution in [0.4, 0.5) is 13.2 Å². The minimum absolute atomic E-state index is 0.0262. The lowest BCUT2D eigenvalue weighted by molar-refractivity contribution is -0.137. The van der Waals surface area contributed by atoms with Crippen LogP contribution in [-0.4, -0.2) is 19.2 Å². The fourth-order valence-electron chi connectivity index (χ4n) is 1.49. The average molecular weight is 261 g/mol. The van der Waals surface area contributed by atoms with Gasteiger partial charge in [0.2, 0.25) is 0 Å². The van der Waals surface area contributed by atoms with Crippen LogP contribution in [0.15, 0.2) is 24.3 Å². The first-order valence-electron chi connectivity index (χ1n) is 6.02. The Morgan fingerprint density at radius 2 is 1.78 bits per heavy atom. The van der Waals surface area contributed by atoms with Crippen molar-refractivity contribution in [3.8, 4) is 5.75 Å². The summed E-state index contributed by atoms with van der Waals surface area (Å²) in [7, 11) is 0. The van der Waals surface area contributed by atoms with Gasteiger partial charge in [-0.1, -0.05) is 13.8 Å². The number of alkyl halides is 3. The fraction of sp³-hybridized carbons (Fsp3) is 0.538. The van der Waals surface area contributed by atoms with E-state index in [4.69, 9.17) is 4.74 Å². The largest absolute Gasteiger partial charge is 0.489 e. The van der Waals surface area contributed by atoms with E-state index in [0.29, 0.717) is 12.3 Å². The number of hydrogen-bond donors (Lipinski definition) is 1. The van der Waals surface area contributed by atoms with Gasteiger partial charge in [-0.05, 0) is 37.2 Å². The van der Waals surface area contributed by atoms with Crippen LogP contribution in [0.1, 0.15) is 25.8 Å². The summed E-state index contributed by atoms with van der Waals surface area (Å²) in [6.45, 7) is 5.50. The Morgan fingerprint density at radius 1 is 1.17 bits per heavy atom. The number of benzene rings is 1. The highest BCUT2D eigenvalue weighted by molar-refractivity contribution is 5.29. The van der Waals surface area contributed by atoms with Crippen molar-refractivity contribution in [2.75, 3.05) is 13.1 Å². The summed E-state index contributed by atoms with van der Waals surface area (Å²) in [5.41, 5.74) is -0.658. The van der Waals surface area contributed by atoms with Crippen LogP contribution in [-0.2, 0) is 6.18 Å². The summed E-state index contributed by atoms with van der Waals surface area (Å²) in [4.78, 5) is 0. The monoisotopic (exact) mass is 261 g/mol. The van der Waals surface area contributed by atoms with E-state index < -0.39 is 11.7 Å². The predicted molar refractivity (Wildman–Crippen MR) is 64.7 cm³/mol. The van der Waals surface area contributed by atoms with Gasteiger partial charge in [0.1, 0.15) is 11.9 Å². The second kappa shape index (κ2) is 6.64. The second-order valence-corrected chi connectivity index (χ2v) is 3.98. The molecule has 1 atom stereocenters. The lowest BCUT2D eigenvalue weighted by Gasteiger charge is -2.18. The molecule has 0 aliphatic carbocycles. The van der Waals surface area contributed by atoms with Crippen molar-refractivity contribution >= 4 is 0 Å². The molecule has 1 aromatic rings. The molecule has 102 valence electrons. The summed E-state index contributed by atoms with van der Waals surface area (Å²) < 4.78 is 42.7. The second-order valence-electron chi connectivity index (χ2n) is 3.98. The van der Waals surface area contributed by atoms with Crippen LogP contribution in [0.2, 0.25) is 0 Å². The molecule has 0 fully saturated rings. The van der Waals surface area contributed by atoms with Crippen LogP contribution in [0.25, 0.3) is 0 Å². The molecule has 1 unspecified atom stereocenters. The Bertz CT molecular complexity index is 348. The Labute approximate surface area is 105 Å². The minimum Gasteiger partial charge on any atom is -0.489 e. The Balaban J connectivity index is 2.62. The van der Waals surface area contributed by atoms with Gasteiger partial charge in [0.25, 0.3) is 0 Å². The molecule has 0 spiro atoms. The van der Waals surface area contributed by atoms with E-state index in [1.165, 1.54) is 12.1 Å². The number of ether oxygens (including phenoxy) is 1. The highest BCUT2D eigenvalue weighted by atomic mass is 19.4. The maximum absolute atomic E-state index is 12.4. The predicted octanol–water partition coefficient (Wildman–Crippen LogP) is 3.47. The normalized spacial score (nSPS) is 13.4.